The van der Waals surface area contributed by atoms with Gasteiger partial charge in [-0.15, -0.1) is 5.10 Å². The summed E-state index contributed by atoms with van der Waals surface area (Å²) in [6.07, 6.45) is -1.57. The molecule has 0 aromatic carbocycles. The molecule has 2 heterocycles. The monoisotopic (exact) mass is 400 g/mol. The summed E-state index contributed by atoms with van der Waals surface area (Å²) in [6.45, 7) is 0.888. The number of hydrogen-bond donors (Lipinski definition) is 7. The first-order valence-electron chi connectivity index (χ1n) is 8.00. The van der Waals surface area contributed by atoms with E-state index in [0.29, 0.717) is 0 Å². The van der Waals surface area contributed by atoms with Crippen LogP contribution in [0.15, 0.2) is 13.7 Å². The average Bonchev–Trinajstić information content (AvgIpc) is 3.27. The summed E-state index contributed by atoms with van der Waals surface area (Å²) in [4.78, 5) is 38.6. The molecule has 0 aliphatic carbocycles. The molecule has 2 aromatic heterocycles. The summed E-state index contributed by atoms with van der Waals surface area (Å²) in [7, 11) is 0. The third kappa shape index (κ3) is 5.35. The number of aromatic amines is 1. The number of aromatic nitrogens is 4. The first-order chi connectivity index (χ1) is 13.2. The molecule has 0 radical (unpaired) electrons. The second kappa shape index (κ2) is 9.07. The molecule has 2 aromatic rings. The van der Waals surface area contributed by atoms with E-state index >= 15 is 0 Å². The van der Waals surface area contributed by atoms with Crippen molar-refractivity contribution in [1.82, 2.24) is 31.0 Å². The Morgan fingerprint density at radius 3 is 2.57 bits per heavy atom. The van der Waals surface area contributed by atoms with Gasteiger partial charge in [0.25, 0.3) is 0 Å². The van der Waals surface area contributed by atoms with Gasteiger partial charge in [-0.25, -0.2) is 14.7 Å². The molecule has 9 N–H and O–H groups in total. The molecule has 3 amide bonds. The molecule has 0 saturated heterocycles. The molecule has 1 unspecified atom stereocenters. The lowest BCUT2D eigenvalue weighted by atomic mass is 10.1. The van der Waals surface area contributed by atoms with Crippen LogP contribution >= 0.6 is 0 Å². The maximum Gasteiger partial charge on any atom is 0.434 e. The zero-order valence-corrected chi connectivity index (χ0v) is 14.7. The van der Waals surface area contributed by atoms with Crippen LogP contribution in [0.4, 0.5) is 4.79 Å². The first-order valence-corrected chi connectivity index (χ1v) is 8.00. The number of urea groups is 1. The number of amides is 3. The highest BCUT2D eigenvalue weighted by atomic mass is 16.5. The molecule has 0 saturated carbocycles. The Labute approximate surface area is 156 Å². The molecular formula is C13H20N8O7. The van der Waals surface area contributed by atoms with Crippen molar-refractivity contribution in [3.8, 4) is 0 Å². The van der Waals surface area contributed by atoms with Crippen molar-refractivity contribution in [2.24, 2.45) is 11.5 Å². The Morgan fingerprint density at radius 1 is 1.32 bits per heavy atom. The van der Waals surface area contributed by atoms with Gasteiger partial charge in [0.15, 0.2) is 5.82 Å². The minimum atomic E-state index is -1.18. The Hall–Kier alpha value is -3.30. The van der Waals surface area contributed by atoms with Gasteiger partial charge < -0.3 is 41.3 Å². The predicted molar refractivity (Wildman–Crippen MR) is 88.1 cm³/mol. The van der Waals surface area contributed by atoms with Crippen molar-refractivity contribution in [3.05, 3.63) is 28.2 Å². The molecule has 2 rings (SSSR count). The zero-order valence-electron chi connectivity index (χ0n) is 14.7. The van der Waals surface area contributed by atoms with Crippen LogP contribution in [0.3, 0.4) is 0 Å². The number of nitrogens with one attached hydrogen (secondary N) is 3. The van der Waals surface area contributed by atoms with E-state index in [4.69, 9.17) is 25.5 Å². The Morgan fingerprint density at radius 2 is 2.04 bits per heavy atom. The van der Waals surface area contributed by atoms with E-state index in [9.17, 15) is 19.5 Å². The number of nitrogens with two attached hydrogens (primary N) is 2. The quantitative estimate of drug-likeness (QED) is 0.224. The minimum absolute atomic E-state index is 0.0330. The lowest BCUT2D eigenvalue weighted by Crippen LogP contribution is -2.44. The van der Waals surface area contributed by atoms with Gasteiger partial charge in [0.05, 0.1) is 25.2 Å². The van der Waals surface area contributed by atoms with E-state index in [1.54, 1.807) is 0 Å². The van der Waals surface area contributed by atoms with Crippen molar-refractivity contribution >= 4 is 11.9 Å². The number of hydrogen-bond acceptors (Lipinski definition) is 11. The molecule has 0 spiro atoms. The van der Waals surface area contributed by atoms with Crippen molar-refractivity contribution in [3.63, 3.8) is 0 Å². The number of aliphatic hydroxyl groups excluding tert-OH is 2. The third-order valence-corrected chi connectivity index (χ3v) is 3.48. The minimum Gasteiger partial charge on any atom is -0.394 e. The zero-order chi connectivity index (χ0) is 20.8. The number of rotatable bonds is 9. The second-order valence-corrected chi connectivity index (χ2v) is 5.79. The summed E-state index contributed by atoms with van der Waals surface area (Å²) in [6, 6.07) is -4.09. The van der Waals surface area contributed by atoms with Gasteiger partial charge in [-0.2, -0.15) is 4.98 Å². The highest BCUT2D eigenvalue weighted by Gasteiger charge is 2.29. The molecule has 4 atom stereocenters. The van der Waals surface area contributed by atoms with Crippen LogP contribution in [0.2, 0.25) is 0 Å². The topological polar surface area (TPSA) is 249 Å². The van der Waals surface area contributed by atoms with Gasteiger partial charge in [0.1, 0.15) is 12.1 Å². The van der Waals surface area contributed by atoms with E-state index in [-0.39, 0.29) is 24.0 Å². The summed E-state index contributed by atoms with van der Waals surface area (Å²) in [5.74, 6) is -2.10. The molecule has 0 bridgehead atoms. The van der Waals surface area contributed by atoms with Gasteiger partial charge in [0, 0.05) is 0 Å². The van der Waals surface area contributed by atoms with Crippen molar-refractivity contribution < 1.29 is 28.7 Å². The SMILES string of the molecule is CC(O)[C@H](NC(=O)N[C@@H](CC(N)=O)c1nc([C@@H](N)CO)no1)c1n[nH]c(=O)o1. The van der Waals surface area contributed by atoms with Crippen LogP contribution in [0.25, 0.3) is 0 Å². The number of carbonyl (C=O) groups is 2. The standard InChI is InChI=1S/C13H20N8O7/c1-4(23)8(11-19-20-13(26)27-11)17-12(25)16-6(2-7(15)24)10-18-9(21-28-10)5(14)3-22/h4-6,8,22-23H,2-3,14H2,1H3,(H2,15,24)(H,20,26)(H2,16,17,25)/t4?,5-,6-,8-/m0/s1. The molecule has 0 fully saturated rings. The Balaban J connectivity index is 2.14. The normalized spacial score (nSPS) is 15.4. The van der Waals surface area contributed by atoms with Crippen LogP contribution in [-0.2, 0) is 4.79 Å². The Bertz CT molecular complexity index is 859. The highest BCUT2D eigenvalue weighted by Crippen LogP contribution is 2.18. The fourth-order valence-corrected chi connectivity index (χ4v) is 2.13. The third-order valence-electron chi connectivity index (χ3n) is 3.48. The van der Waals surface area contributed by atoms with Crippen LogP contribution in [0, 0.1) is 0 Å². The van der Waals surface area contributed by atoms with Gasteiger partial charge in [-0.1, -0.05) is 5.16 Å². The lowest BCUT2D eigenvalue weighted by Gasteiger charge is -2.20. The maximum absolute atomic E-state index is 12.3. The number of carbonyl (C=O) groups excluding carboxylic acids is 2. The van der Waals surface area contributed by atoms with Gasteiger partial charge >= 0.3 is 11.8 Å². The fraction of sp³-hybridized carbons (Fsp3) is 0.538. The number of nitrogens with zero attached hydrogens (tertiary/aromatic N) is 3. The van der Waals surface area contributed by atoms with Crippen molar-refractivity contribution in [1.29, 1.82) is 0 Å². The molecule has 15 heteroatoms. The average molecular weight is 400 g/mol. The molecule has 154 valence electrons. The van der Waals surface area contributed by atoms with Gasteiger partial charge in [-0.05, 0) is 6.92 Å². The molecular weight excluding hydrogens is 380 g/mol. The molecule has 15 nitrogen and oxygen atoms in total. The summed E-state index contributed by atoms with van der Waals surface area (Å²) < 4.78 is 9.69. The van der Waals surface area contributed by atoms with E-state index in [0.717, 1.165) is 0 Å². The number of H-pyrrole nitrogens is 1. The largest absolute Gasteiger partial charge is 0.434 e. The molecule has 0 aliphatic rings. The summed E-state index contributed by atoms with van der Waals surface area (Å²) in [5.41, 5.74) is 10.7. The van der Waals surface area contributed by atoms with E-state index in [1.807, 2.05) is 5.10 Å². The maximum atomic E-state index is 12.3. The number of aliphatic hydroxyl groups is 2. The highest BCUT2D eigenvalue weighted by molar-refractivity contribution is 5.78. The van der Waals surface area contributed by atoms with E-state index < -0.39 is 48.5 Å². The lowest BCUT2D eigenvalue weighted by molar-refractivity contribution is -0.118. The Kier molecular flexibility index (Phi) is 6.80. The van der Waals surface area contributed by atoms with Gasteiger partial charge in [-0.3, -0.25) is 4.79 Å². The second-order valence-electron chi connectivity index (χ2n) is 5.79. The van der Waals surface area contributed by atoms with Crippen LogP contribution in [0.1, 0.15) is 49.1 Å². The van der Waals surface area contributed by atoms with Crippen LogP contribution in [-0.4, -0.2) is 55.2 Å². The van der Waals surface area contributed by atoms with Crippen molar-refractivity contribution in [2.75, 3.05) is 6.61 Å². The van der Waals surface area contributed by atoms with Crippen molar-refractivity contribution in [2.45, 2.75) is 37.6 Å². The van der Waals surface area contributed by atoms with Gasteiger partial charge in [0.2, 0.25) is 17.7 Å². The van der Waals surface area contributed by atoms with E-state index in [2.05, 4.69) is 25.9 Å². The van der Waals surface area contributed by atoms with E-state index in [1.165, 1.54) is 6.92 Å². The molecule has 28 heavy (non-hydrogen) atoms. The summed E-state index contributed by atoms with van der Waals surface area (Å²) >= 11 is 0. The fourth-order valence-electron chi connectivity index (χ4n) is 2.13. The number of primary amides is 1. The van der Waals surface area contributed by atoms with Crippen LogP contribution < -0.4 is 27.9 Å². The van der Waals surface area contributed by atoms with Crippen LogP contribution in [0.5, 0.6) is 0 Å². The first kappa shape index (κ1) is 21.0. The summed E-state index contributed by atoms with van der Waals surface area (Å²) in [5, 5.41) is 32.7. The predicted octanol–water partition coefficient (Wildman–Crippen LogP) is -2.92. The smallest absolute Gasteiger partial charge is 0.394 e. The molecule has 0 aliphatic heterocycles.